The number of nitrogens with one attached hydrogen (secondary N) is 1. The van der Waals surface area contributed by atoms with Gasteiger partial charge < -0.3 is 9.88 Å². The minimum absolute atomic E-state index is 0.00773. The Morgan fingerprint density at radius 1 is 1.33 bits per heavy atom. The van der Waals surface area contributed by atoms with Crippen molar-refractivity contribution in [3.63, 3.8) is 0 Å². The number of carbonyl (C=O) groups is 1. The Morgan fingerprint density at radius 2 is 2.12 bits per heavy atom. The number of halogens is 1. The smallest absolute Gasteiger partial charge is 0.267 e. The molecule has 24 heavy (non-hydrogen) atoms. The van der Waals surface area contributed by atoms with Crippen LogP contribution in [-0.4, -0.2) is 17.0 Å². The number of fused-ring (bicyclic) bond motifs is 1. The number of rotatable bonds is 5. The number of amides is 1. The van der Waals surface area contributed by atoms with Gasteiger partial charge in [-0.15, -0.1) is 11.3 Å². The summed E-state index contributed by atoms with van der Waals surface area (Å²) in [6.07, 6.45) is 0. The lowest BCUT2D eigenvalue weighted by Gasteiger charge is -2.13. The molecule has 1 amide bonds. The fourth-order valence-electron chi connectivity index (χ4n) is 2.76. The van der Waals surface area contributed by atoms with E-state index in [1.807, 2.05) is 6.07 Å². The van der Waals surface area contributed by atoms with Gasteiger partial charge in [0.25, 0.3) is 5.91 Å². The molecule has 3 rings (SSSR count). The number of benzene rings is 1. The molecule has 0 saturated heterocycles. The van der Waals surface area contributed by atoms with Gasteiger partial charge in [0.15, 0.2) is 0 Å². The van der Waals surface area contributed by atoms with Gasteiger partial charge in [-0.3, -0.25) is 4.79 Å². The maximum Gasteiger partial charge on any atom is 0.267 e. The molecular formula is C19H21BrN2OS. The molecule has 0 aliphatic rings. The van der Waals surface area contributed by atoms with Crippen LogP contribution in [0.1, 0.15) is 35.5 Å². The molecule has 0 aliphatic heterocycles. The molecule has 2 aromatic heterocycles. The van der Waals surface area contributed by atoms with E-state index < -0.39 is 0 Å². The van der Waals surface area contributed by atoms with Gasteiger partial charge in [0.1, 0.15) is 5.69 Å². The zero-order chi connectivity index (χ0) is 17.3. The number of carbonyl (C=O) groups excluding carboxylic acids is 1. The lowest BCUT2D eigenvalue weighted by atomic mass is 10.1. The molecule has 0 bridgehead atoms. The molecule has 0 unspecified atom stereocenters. The summed E-state index contributed by atoms with van der Waals surface area (Å²) in [6, 6.07) is 10.4. The molecule has 0 radical (unpaired) electrons. The van der Waals surface area contributed by atoms with Crippen LogP contribution in [-0.2, 0) is 6.54 Å². The van der Waals surface area contributed by atoms with Crippen LogP contribution in [0, 0.1) is 12.8 Å². The number of aryl methyl sites for hydroxylation is 1. The van der Waals surface area contributed by atoms with E-state index in [4.69, 9.17) is 0 Å². The highest BCUT2D eigenvalue weighted by atomic mass is 79.9. The molecular weight excluding hydrogens is 384 g/mol. The van der Waals surface area contributed by atoms with Crippen molar-refractivity contribution in [3.05, 3.63) is 57.0 Å². The second-order valence-corrected chi connectivity index (χ2v) is 8.27. The van der Waals surface area contributed by atoms with Gasteiger partial charge in [-0.2, -0.15) is 0 Å². The summed E-state index contributed by atoms with van der Waals surface area (Å²) < 4.78 is 4.28. The van der Waals surface area contributed by atoms with Gasteiger partial charge in [-0.25, -0.2) is 0 Å². The molecule has 3 aromatic rings. The van der Waals surface area contributed by atoms with E-state index in [-0.39, 0.29) is 5.91 Å². The fraction of sp³-hybridized carbons (Fsp3) is 0.316. The largest absolute Gasteiger partial charge is 0.351 e. The van der Waals surface area contributed by atoms with Crippen molar-refractivity contribution in [3.8, 4) is 0 Å². The predicted molar refractivity (Wildman–Crippen MR) is 105 cm³/mol. The highest BCUT2D eigenvalue weighted by Gasteiger charge is 2.19. The second-order valence-electron chi connectivity index (χ2n) is 6.51. The molecule has 0 fully saturated rings. The van der Waals surface area contributed by atoms with Crippen molar-refractivity contribution >= 4 is 43.4 Å². The fourth-order valence-corrected chi connectivity index (χ4v) is 4.46. The van der Waals surface area contributed by atoms with Crippen LogP contribution in [0.5, 0.6) is 0 Å². The highest BCUT2D eigenvalue weighted by molar-refractivity contribution is 9.10. The van der Waals surface area contributed by atoms with E-state index in [0.29, 0.717) is 19.0 Å². The third kappa shape index (κ3) is 3.57. The maximum atomic E-state index is 12.7. The molecule has 3 nitrogen and oxygen atoms in total. The first-order valence-electron chi connectivity index (χ1n) is 8.05. The van der Waals surface area contributed by atoms with Crippen LogP contribution in [0.25, 0.3) is 10.2 Å². The van der Waals surface area contributed by atoms with E-state index in [1.54, 1.807) is 11.3 Å². The average molecular weight is 405 g/mol. The topological polar surface area (TPSA) is 34.0 Å². The number of hydrogen-bond acceptors (Lipinski definition) is 2. The van der Waals surface area contributed by atoms with Crippen LogP contribution in [0.4, 0.5) is 0 Å². The maximum absolute atomic E-state index is 12.7. The molecule has 0 saturated carbocycles. The van der Waals surface area contributed by atoms with Gasteiger partial charge in [-0.1, -0.05) is 43.7 Å². The molecule has 0 atom stereocenters. The zero-order valence-electron chi connectivity index (χ0n) is 14.1. The van der Waals surface area contributed by atoms with Crippen LogP contribution >= 0.6 is 27.3 Å². The summed E-state index contributed by atoms with van der Waals surface area (Å²) in [5.74, 6) is 0.425. The van der Waals surface area contributed by atoms with Crippen LogP contribution < -0.4 is 5.32 Å². The molecule has 0 aliphatic carbocycles. The summed E-state index contributed by atoms with van der Waals surface area (Å²) in [7, 11) is 0. The Labute approximate surface area is 154 Å². The molecule has 5 heteroatoms. The number of hydrogen-bond donors (Lipinski definition) is 1. The van der Waals surface area contributed by atoms with Crippen molar-refractivity contribution in [2.24, 2.45) is 5.92 Å². The standard InChI is InChI=1S/C19H21BrN2OS/c1-12(2)9-21-19(23)16-8-17-18(15(20)11-24-17)22(16)10-14-6-4-5-13(3)7-14/h4-8,11-12H,9-10H2,1-3H3,(H,21,23). The van der Waals surface area contributed by atoms with Crippen molar-refractivity contribution in [2.75, 3.05) is 6.54 Å². The first-order chi connectivity index (χ1) is 11.5. The SMILES string of the molecule is Cc1cccc(Cn2c(C(=O)NCC(C)C)cc3scc(Br)c32)c1. The van der Waals surface area contributed by atoms with Crippen molar-refractivity contribution in [1.29, 1.82) is 0 Å². The van der Waals surface area contributed by atoms with Crippen molar-refractivity contribution < 1.29 is 4.79 Å². The van der Waals surface area contributed by atoms with Gasteiger partial charge in [0.05, 0.1) is 14.7 Å². The average Bonchev–Trinajstić information content (AvgIpc) is 3.06. The monoisotopic (exact) mass is 404 g/mol. The van der Waals surface area contributed by atoms with E-state index in [1.165, 1.54) is 11.1 Å². The van der Waals surface area contributed by atoms with Gasteiger partial charge >= 0.3 is 0 Å². The Kier molecular flexibility index (Phi) is 5.11. The lowest BCUT2D eigenvalue weighted by molar-refractivity contribution is 0.0940. The van der Waals surface area contributed by atoms with Gasteiger partial charge in [0.2, 0.25) is 0 Å². The molecule has 1 N–H and O–H groups in total. The number of thiophene rings is 1. The predicted octanol–water partition coefficient (Wildman–Crippen LogP) is 5.21. The summed E-state index contributed by atoms with van der Waals surface area (Å²) in [5, 5.41) is 5.11. The minimum Gasteiger partial charge on any atom is -0.351 e. The van der Waals surface area contributed by atoms with Crippen LogP contribution in [0.2, 0.25) is 0 Å². The molecule has 1 aromatic carbocycles. The Bertz CT molecular complexity index is 879. The molecule has 126 valence electrons. The second kappa shape index (κ2) is 7.11. The van der Waals surface area contributed by atoms with E-state index in [9.17, 15) is 4.79 Å². The van der Waals surface area contributed by atoms with Gasteiger partial charge in [-0.05, 0) is 40.4 Å². The number of nitrogens with zero attached hydrogens (tertiary/aromatic N) is 1. The van der Waals surface area contributed by atoms with Crippen molar-refractivity contribution in [2.45, 2.75) is 27.3 Å². The van der Waals surface area contributed by atoms with E-state index in [2.05, 4.69) is 76.2 Å². The quantitative estimate of drug-likeness (QED) is 0.622. The Balaban J connectivity index is 2.01. The van der Waals surface area contributed by atoms with Gasteiger partial charge in [0, 0.05) is 18.5 Å². The van der Waals surface area contributed by atoms with E-state index >= 15 is 0 Å². The summed E-state index contributed by atoms with van der Waals surface area (Å²) in [5.41, 5.74) is 4.24. The van der Waals surface area contributed by atoms with E-state index in [0.717, 1.165) is 20.4 Å². The van der Waals surface area contributed by atoms with Crippen LogP contribution in [0.15, 0.2) is 40.2 Å². The van der Waals surface area contributed by atoms with Crippen molar-refractivity contribution in [1.82, 2.24) is 9.88 Å². The van der Waals surface area contributed by atoms with Crippen LogP contribution in [0.3, 0.4) is 0 Å². The Morgan fingerprint density at radius 3 is 2.83 bits per heavy atom. The highest BCUT2D eigenvalue weighted by Crippen LogP contribution is 2.33. The third-order valence-electron chi connectivity index (χ3n) is 3.90. The normalized spacial score (nSPS) is 11.4. The number of aromatic nitrogens is 1. The summed E-state index contributed by atoms with van der Waals surface area (Å²) >= 11 is 5.28. The molecule has 2 heterocycles. The minimum atomic E-state index is -0.00773. The summed E-state index contributed by atoms with van der Waals surface area (Å²) in [4.78, 5) is 12.7. The first kappa shape index (κ1) is 17.2. The zero-order valence-corrected chi connectivity index (χ0v) is 16.5. The first-order valence-corrected chi connectivity index (χ1v) is 9.73. The molecule has 0 spiro atoms. The summed E-state index contributed by atoms with van der Waals surface area (Å²) in [6.45, 7) is 7.65. The lowest BCUT2D eigenvalue weighted by Crippen LogP contribution is -2.29. The third-order valence-corrected chi connectivity index (χ3v) is 5.73. The Hall–Kier alpha value is -1.59.